The smallest absolute Gasteiger partial charge is 0.255 e. The minimum Gasteiger partial charge on any atom is -0.334 e. The van der Waals surface area contributed by atoms with Gasteiger partial charge in [-0.05, 0) is 60.7 Å². The van der Waals surface area contributed by atoms with Crippen molar-refractivity contribution in [3.63, 3.8) is 0 Å². The molecule has 31 heavy (non-hydrogen) atoms. The molecule has 0 aliphatic heterocycles. The molecule has 0 spiro atoms. The number of carbonyl (C=O) groups excluding carboxylic acids is 1. The van der Waals surface area contributed by atoms with E-state index in [1.54, 1.807) is 18.6 Å². The normalized spacial score (nSPS) is 13.5. The van der Waals surface area contributed by atoms with Crippen molar-refractivity contribution in [2.24, 2.45) is 0 Å². The number of rotatable bonds is 7. The molecule has 0 radical (unpaired) electrons. The second-order valence-electron chi connectivity index (χ2n) is 7.91. The maximum absolute atomic E-state index is 13.4. The molecule has 7 heteroatoms. The number of fused-ring (bicyclic) bond motifs is 1. The Morgan fingerprint density at radius 2 is 1.84 bits per heavy atom. The standard InChI is InChI=1S/C24H22ClN5O/c25-20-3-1-17(2-4-20)9-12-29(15-18-7-10-26-11-8-18)24(31)19-13-22-23(27-14-19)30(16-28-22)21-5-6-21/h1-4,7-8,10-11,13-14,16,21H,5-6,9,12,15H2. The number of amides is 1. The van der Waals surface area contributed by atoms with Crippen molar-refractivity contribution in [1.82, 2.24) is 24.4 Å². The molecule has 156 valence electrons. The van der Waals surface area contributed by atoms with Gasteiger partial charge in [-0.2, -0.15) is 0 Å². The molecule has 4 aromatic rings. The van der Waals surface area contributed by atoms with Crippen LogP contribution in [-0.4, -0.2) is 36.9 Å². The summed E-state index contributed by atoms with van der Waals surface area (Å²) < 4.78 is 2.11. The topological polar surface area (TPSA) is 63.9 Å². The summed E-state index contributed by atoms with van der Waals surface area (Å²) in [5, 5.41) is 0.707. The van der Waals surface area contributed by atoms with Crippen LogP contribution in [0.25, 0.3) is 11.2 Å². The SMILES string of the molecule is O=C(c1cnc2c(c1)ncn2C1CC1)N(CCc1ccc(Cl)cc1)Cc1ccncc1. The number of benzene rings is 1. The molecule has 3 heterocycles. The molecule has 1 aliphatic rings. The highest BCUT2D eigenvalue weighted by molar-refractivity contribution is 6.30. The maximum atomic E-state index is 13.4. The summed E-state index contributed by atoms with van der Waals surface area (Å²) in [5.41, 5.74) is 4.33. The van der Waals surface area contributed by atoms with E-state index in [0.717, 1.165) is 41.6 Å². The summed E-state index contributed by atoms with van der Waals surface area (Å²) in [6, 6.07) is 14.0. The van der Waals surface area contributed by atoms with E-state index in [0.29, 0.717) is 29.7 Å². The Labute approximate surface area is 185 Å². The number of aromatic nitrogens is 4. The molecule has 1 aromatic carbocycles. The fraction of sp³-hybridized carbons (Fsp3) is 0.250. The molecule has 1 aliphatic carbocycles. The van der Waals surface area contributed by atoms with Crippen molar-refractivity contribution in [3.8, 4) is 0 Å². The van der Waals surface area contributed by atoms with Crippen molar-refractivity contribution >= 4 is 28.7 Å². The van der Waals surface area contributed by atoms with Crippen LogP contribution in [0.2, 0.25) is 5.02 Å². The summed E-state index contributed by atoms with van der Waals surface area (Å²) in [5.74, 6) is -0.0545. The quantitative estimate of drug-likeness (QED) is 0.425. The van der Waals surface area contributed by atoms with Crippen LogP contribution >= 0.6 is 11.6 Å². The van der Waals surface area contributed by atoms with E-state index in [9.17, 15) is 4.79 Å². The van der Waals surface area contributed by atoms with E-state index in [1.165, 1.54) is 0 Å². The molecule has 3 aromatic heterocycles. The molecular formula is C24H22ClN5O. The van der Waals surface area contributed by atoms with Gasteiger partial charge in [0.15, 0.2) is 5.65 Å². The fourth-order valence-electron chi connectivity index (χ4n) is 3.71. The Balaban J connectivity index is 1.39. The number of pyridine rings is 2. The van der Waals surface area contributed by atoms with E-state index in [-0.39, 0.29) is 5.91 Å². The van der Waals surface area contributed by atoms with Gasteiger partial charge in [-0.25, -0.2) is 9.97 Å². The molecule has 5 rings (SSSR count). The van der Waals surface area contributed by atoms with E-state index in [4.69, 9.17) is 11.6 Å². The Hall–Kier alpha value is -3.25. The minimum absolute atomic E-state index is 0.0545. The van der Waals surface area contributed by atoms with Gasteiger partial charge >= 0.3 is 0 Å². The highest BCUT2D eigenvalue weighted by Crippen LogP contribution is 2.36. The number of imidazole rings is 1. The maximum Gasteiger partial charge on any atom is 0.255 e. The molecule has 0 atom stereocenters. The van der Waals surface area contributed by atoms with Crippen molar-refractivity contribution < 1.29 is 4.79 Å². The monoisotopic (exact) mass is 431 g/mol. The van der Waals surface area contributed by atoms with Gasteiger partial charge in [-0.15, -0.1) is 0 Å². The first-order valence-corrected chi connectivity index (χ1v) is 10.8. The summed E-state index contributed by atoms with van der Waals surface area (Å²) in [6.45, 7) is 1.08. The van der Waals surface area contributed by atoms with Gasteiger partial charge in [-0.3, -0.25) is 9.78 Å². The Morgan fingerprint density at radius 3 is 2.58 bits per heavy atom. The van der Waals surface area contributed by atoms with Crippen molar-refractivity contribution in [2.45, 2.75) is 31.8 Å². The Bertz CT molecular complexity index is 1200. The van der Waals surface area contributed by atoms with Crippen LogP contribution in [0.3, 0.4) is 0 Å². The predicted octanol–water partition coefficient (Wildman–Crippen LogP) is 4.70. The molecule has 0 N–H and O–H groups in total. The minimum atomic E-state index is -0.0545. The number of nitrogens with zero attached hydrogens (tertiary/aromatic N) is 5. The van der Waals surface area contributed by atoms with Crippen molar-refractivity contribution in [2.75, 3.05) is 6.54 Å². The second kappa shape index (κ2) is 8.47. The summed E-state index contributed by atoms with van der Waals surface area (Å²) >= 11 is 6.00. The first kappa shape index (κ1) is 19.7. The largest absolute Gasteiger partial charge is 0.334 e. The lowest BCUT2D eigenvalue weighted by molar-refractivity contribution is 0.0745. The van der Waals surface area contributed by atoms with E-state index in [2.05, 4.69) is 19.5 Å². The van der Waals surface area contributed by atoms with Crippen LogP contribution in [0, 0.1) is 0 Å². The number of hydrogen-bond acceptors (Lipinski definition) is 4. The van der Waals surface area contributed by atoms with Crippen LogP contribution in [0.4, 0.5) is 0 Å². The average Bonchev–Trinajstić information content (AvgIpc) is 3.56. The first-order valence-electron chi connectivity index (χ1n) is 10.4. The molecular weight excluding hydrogens is 410 g/mol. The van der Waals surface area contributed by atoms with Crippen LogP contribution in [0.15, 0.2) is 67.4 Å². The Morgan fingerprint density at radius 1 is 1.06 bits per heavy atom. The van der Waals surface area contributed by atoms with Gasteiger partial charge in [0.25, 0.3) is 5.91 Å². The van der Waals surface area contributed by atoms with Crippen LogP contribution in [0.1, 0.15) is 40.4 Å². The van der Waals surface area contributed by atoms with Crippen molar-refractivity contribution in [3.05, 3.63) is 89.1 Å². The average molecular weight is 432 g/mol. The first-order chi connectivity index (χ1) is 15.2. The summed E-state index contributed by atoms with van der Waals surface area (Å²) in [4.78, 5) is 28.4. The molecule has 1 saturated carbocycles. The van der Waals surface area contributed by atoms with E-state index in [1.807, 2.05) is 53.7 Å². The van der Waals surface area contributed by atoms with Gasteiger partial charge in [0.1, 0.15) is 5.52 Å². The molecule has 0 saturated heterocycles. The van der Waals surface area contributed by atoms with E-state index < -0.39 is 0 Å². The zero-order chi connectivity index (χ0) is 21.2. The zero-order valence-electron chi connectivity index (χ0n) is 17.0. The molecule has 1 fully saturated rings. The van der Waals surface area contributed by atoms with Gasteiger partial charge in [-0.1, -0.05) is 23.7 Å². The fourth-order valence-corrected chi connectivity index (χ4v) is 3.84. The third kappa shape index (κ3) is 4.44. The van der Waals surface area contributed by atoms with Crippen LogP contribution in [0.5, 0.6) is 0 Å². The van der Waals surface area contributed by atoms with Crippen molar-refractivity contribution in [1.29, 1.82) is 0 Å². The van der Waals surface area contributed by atoms with Crippen LogP contribution < -0.4 is 0 Å². The highest BCUT2D eigenvalue weighted by atomic mass is 35.5. The lowest BCUT2D eigenvalue weighted by Crippen LogP contribution is -2.32. The van der Waals surface area contributed by atoms with Gasteiger partial charge < -0.3 is 9.47 Å². The molecule has 0 unspecified atom stereocenters. The Kier molecular flexibility index (Phi) is 5.38. The number of carbonyl (C=O) groups is 1. The summed E-state index contributed by atoms with van der Waals surface area (Å²) in [7, 11) is 0. The second-order valence-corrected chi connectivity index (χ2v) is 8.34. The predicted molar refractivity (Wildman–Crippen MR) is 120 cm³/mol. The van der Waals surface area contributed by atoms with E-state index >= 15 is 0 Å². The lowest BCUT2D eigenvalue weighted by Gasteiger charge is -2.23. The van der Waals surface area contributed by atoms with Crippen LogP contribution in [-0.2, 0) is 13.0 Å². The molecule has 0 bridgehead atoms. The van der Waals surface area contributed by atoms with Gasteiger partial charge in [0.2, 0.25) is 0 Å². The summed E-state index contributed by atoms with van der Waals surface area (Å²) in [6.07, 6.45) is 10.1. The van der Waals surface area contributed by atoms with Gasteiger partial charge in [0.05, 0.1) is 11.9 Å². The number of hydrogen-bond donors (Lipinski definition) is 0. The highest BCUT2D eigenvalue weighted by Gasteiger charge is 2.26. The lowest BCUT2D eigenvalue weighted by atomic mass is 10.1. The third-order valence-electron chi connectivity index (χ3n) is 5.59. The number of halogens is 1. The molecule has 1 amide bonds. The van der Waals surface area contributed by atoms with Gasteiger partial charge in [0, 0.05) is 42.7 Å². The third-order valence-corrected chi connectivity index (χ3v) is 5.85. The zero-order valence-corrected chi connectivity index (χ0v) is 17.7. The molecule has 6 nitrogen and oxygen atoms in total.